The first-order valence-electron chi connectivity index (χ1n) is 12.9. The third kappa shape index (κ3) is 7.76. The number of anilines is 1. The van der Waals surface area contributed by atoms with E-state index in [4.69, 9.17) is 18.9 Å². The van der Waals surface area contributed by atoms with Crippen molar-refractivity contribution in [3.8, 4) is 28.4 Å². The van der Waals surface area contributed by atoms with Crippen LogP contribution < -0.4 is 19.5 Å². The van der Waals surface area contributed by atoms with Gasteiger partial charge in [0, 0.05) is 10.9 Å². The fraction of sp³-hybridized carbons (Fsp3) is 0.419. The van der Waals surface area contributed by atoms with Crippen LogP contribution in [0, 0.1) is 5.41 Å². The Balaban J connectivity index is 1.75. The average Bonchev–Trinajstić information content (AvgIpc) is 3.29. The van der Waals surface area contributed by atoms with Crippen LogP contribution in [0.15, 0.2) is 47.8 Å². The van der Waals surface area contributed by atoms with Gasteiger partial charge in [0.15, 0.2) is 18.1 Å². The van der Waals surface area contributed by atoms with E-state index >= 15 is 0 Å². The van der Waals surface area contributed by atoms with Crippen LogP contribution >= 0.6 is 11.3 Å². The zero-order valence-electron chi connectivity index (χ0n) is 24.1. The fourth-order valence-electron chi connectivity index (χ4n) is 4.81. The Bertz CT molecular complexity index is 1290. The maximum Gasteiger partial charge on any atom is 0.341 e. The van der Waals surface area contributed by atoms with Crippen molar-refractivity contribution < 1.29 is 28.5 Å². The zero-order valence-corrected chi connectivity index (χ0v) is 24.9. The zero-order chi connectivity index (χ0) is 28.8. The quantitative estimate of drug-likeness (QED) is 0.250. The molecule has 1 N–H and O–H groups in total. The van der Waals surface area contributed by atoms with Crippen LogP contribution in [0.5, 0.6) is 17.2 Å². The minimum atomic E-state index is -0.520. The molecule has 2 aromatic carbocycles. The Morgan fingerprint density at radius 3 is 2.18 bits per heavy atom. The maximum atomic E-state index is 12.9. The summed E-state index contributed by atoms with van der Waals surface area (Å²) in [5, 5.41) is 5.02. The van der Waals surface area contributed by atoms with Gasteiger partial charge in [-0.1, -0.05) is 52.8 Å². The molecular weight excluding hydrogens is 514 g/mol. The molecule has 0 saturated heterocycles. The number of nitrogens with one attached hydrogen (secondary N) is 1. The van der Waals surface area contributed by atoms with Crippen LogP contribution in [0.1, 0.15) is 63.9 Å². The van der Waals surface area contributed by atoms with E-state index in [0.29, 0.717) is 27.8 Å². The van der Waals surface area contributed by atoms with Gasteiger partial charge in [-0.25, -0.2) is 4.79 Å². The Morgan fingerprint density at radius 1 is 0.923 bits per heavy atom. The van der Waals surface area contributed by atoms with Crippen molar-refractivity contribution in [1.29, 1.82) is 0 Å². The minimum Gasteiger partial charge on any atom is -0.493 e. The lowest BCUT2D eigenvalue weighted by Crippen LogP contribution is -2.24. The van der Waals surface area contributed by atoms with E-state index in [1.54, 1.807) is 33.3 Å². The van der Waals surface area contributed by atoms with Gasteiger partial charge < -0.3 is 24.3 Å². The molecule has 3 rings (SSSR count). The number of carbonyl (C=O) groups is 2. The smallest absolute Gasteiger partial charge is 0.341 e. The van der Waals surface area contributed by atoms with Crippen LogP contribution in [0.4, 0.5) is 5.00 Å². The summed E-state index contributed by atoms with van der Waals surface area (Å²) in [6, 6.07) is 13.2. The normalized spacial score (nSPS) is 11.6. The predicted octanol–water partition coefficient (Wildman–Crippen LogP) is 7.34. The molecule has 0 radical (unpaired) electrons. The van der Waals surface area contributed by atoms with Gasteiger partial charge in [0.05, 0.1) is 20.8 Å². The number of esters is 1. The highest BCUT2D eigenvalue weighted by molar-refractivity contribution is 7.15. The van der Waals surface area contributed by atoms with Gasteiger partial charge in [0.25, 0.3) is 5.91 Å². The number of carbonyl (C=O) groups excluding carboxylic acids is 2. The highest BCUT2D eigenvalue weighted by atomic mass is 32.1. The lowest BCUT2D eigenvalue weighted by atomic mass is 9.72. The number of ether oxygens (including phenoxy) is 4. The van der Waals surface area contributed by atoms with E-state index in [2.05, 4.69) is 39.9 Å². The van der Waals surface area contributed by atoms with Crippen LogP contribution in [-0.4, -0.2) is 39.3 Å². The summed E-state index contributed by atoms with van der Waals surface area (Å²) in [4.78, 5) is 25.7. The summed E-state index contributed by atoms with van der Waals surface area (Å²) in [5.41, 5.74) is 3.09. The molecule has 0 unspecified atom stereocenters. The summed E-state index contributed by atoms with van der Waals surface area (Å²) in [6.45, 7) is 12.9. The Hall–Kier alpha value is -3.52. The molecule has 0 aliphatic heterocycles. The molecule has 0 atom stereocenters. The number of rotatable bonds is 11. The first-order valence-corrected chi connectivity index (χ1v) is 13.8. The van der Waals surface area contributed by atoms with E-state index in [1.807, 2.05) is 35.7 Å². The Kier molecular flexibility index (Phi) is 9.67. The molecule has 1 heterocycles. The molecule has 0 fully saturated rings. The van der Waals surface area contributed by atoms with Crippen LogP contribution in [0.3, 0.4) is 0 Å². The number of hydrogen-bond donors (Lipinski definition) is 1. The van der Waals surface area contributed by atoms with E-state index in [0.717, 1.165) is 12.0 Å². The number of amides is 1. The Labute approximate surface area is 235 Å². The van der Waals surface area contributed by atoms with Crippen molar-refractivity contribution >= 4 is 28.2 Å². The van der Waals surface area contributed by atoms with Crippen LogP contribution in [-0.2, 0) is 14.9 Å². The molecule has 39 heavy (non-hydrogen) atoms. The van der Waals surface area contributed by atoms with E-state index in [1.165, 1.54) is 16.9 Å². The monoisotopic (exact) mass is 553 g/mol. The number of thiophene rings is 1. The second-order valence-electron chi connectivity index (χ2n) is 11.1. The van der Waals surface area contributed by atoms with Crippen LogP contribution in [0.2, 0.25) is 0 Å². The number of methoxy groups -OCH3 is 2. The molecular formula is C31H39NO6S. The van der Waals surface area contributed by atoms with Gasteiger partial charge >= 0.3 is 5.97 Å². The standard InChI is InChI=1S/C31H39NO6S/c1-9-37-29(34)27-23(20-10-15-24(35-7)25(16-20)36-8)18-39-28(27)32-26(33)17-38-22-13-11-21(12-14-22)31(5,6)19-30(2,3)4/h10-16,18H,9,17,19H2,1-8H3,(H,32,33). The van der Waals surface area contributed by atoms with Gasteiger partial charge in [-0.2, -0.15) is 0 Å². The van der Waals surface area contributed by atoms with Crippen molar-refractivity contribution in [2.75, 3.05) is 32.8 Å². The summed E-state index contributed by atoms with van der Waals surface area (Å²) < 4.78 is 21.8. The summed E-state index contributed by atoms with van der Waals surface area (Å²) in [5.74, 6) is 0.809. The highest BCUT2D eigenvalue weighted by Crippen LogP contribution is 2.40. The largest absolute Gasteiger partial charge is 0.493 e. The van der Waals surface area contributed by atoms with E-state index in [9.17, 15) is 9.59 Å². The Morgan fingerprint density at radius 2 is 1.59 bits per heavy atom. The topological polar surface area (TPSA) is 83.1 Å². The lowest BCUT2D eigenvalue weighted by molar-refractivity contribution is -0.118. The minimum absolute atomic E-state index is 0.0163. The van der Waals surface area contributed by atoms with Crippen molar-refractivity contribution in [3.63, 3.8) is 0 Å². The molecule has 7 nitrogen and oxygen atoms in total. The van der Waals surface area contributed by atoms with Crippen LogP contribution in [0.25, 0.3) is 11.1 Å². The third-order valence-corrected chi connectivity index (χ3v) is 7.09. The summed E-state index contributed by atoms with van der Waals surface area (Å²) in [6.07, 6.45) is 1.04. The van der Waals surface area contributed by atoms with Crippen molar-refractivity contribution in [2.24, 2.45) is 5.41 Å². The van der Waals surface area contributed by atoms with E-state index in [-0.39, 0.29) is 35.5 Å². The number of benzene rings is 2. The molecule has 210 valence electrons. The van der Waals surface area contributed by atoms with Gasteiger partial charge in [0.1, 0.15) is 16.3 Å². The molecule has 8 heteroatoms. The van der Waals surface area contributed by atoms with Crippen molar-refractivity contribution in [2.45, 2.75) is 53.4 Å². The van der Waals surface area contributed by atoms with Gasteiger partial charge in [-0.05, 0) is 59.6 Å². The SMILES string of the molecule is CCOC(=O)c1c(-c2ccc(OC)c(OC)c2)csc1NC(=O)COc1ccc(C(C)(C)CC(C)(C)C)cc1. The number of hydrogen-bond acceptors (Lipinski definition) is 7. The summed E-state index contributed by atoms with van der Waals surface area (Å²) >= 11 is 1.25. The average molecular weight is 554 g/mol. The first-order chi connectivity index (χ1) is 18.4. The molecule has 0 saturated carbocycles. The lowest BCUT2D eigenvalue weighted by Gasteiger charge is -2.33. The van der Waals surface area contributed by atoms with Crippen molar-refractivity contribution in [1.82, 2.24) is 0 Å². The molecule has 3 aromatic rings. The third-order valence-electron chi connectivity index (χ3n) is 6.20. The summed E-state index contributed by atoms with van der Waals surface area (Å²) in [7, 11) is 3.11. The first kappa shape index (κ1) is 30.0. The predicted molar refractivity (Wildman–Crippen MR) is 156 cm³/mol. The molecule has 0 spiro atoms. The maximum absolute atomic E-state index is 12.9. The van der Waals surface area contributed by atoms with Gasteiger partial charge in [-0.3, -0.25) is 4.79 Å². The van der Waals surface area contributed by atoms with Crippen molar-refractivity contribution in [3.05, 3.63) is 59.0 Å². The molecule has 0 aliphatic rings. The fourth-order valence-corrected chi connectivity index (χ4v) is 5.79. The molecule has 1 aromatic heterocycles. The molecule has 0 bridgehead atoms. The van der Waals surface area contributed by atoms with Gasteiger partial charge in [0.2, 0.25) is 0 Å². The van der Waals surface area contributed by atoms with Gasteiger partial charge in [-0.15, -0.1) is 11.3 Å². The second-order valence-corrected chi connectivity index (χ2v) is 12.0. The van der Waals surface area contributed by atoms with E-state index < -0.39 is 5.97 Å². The molecule has 1 amide bonds. The second kappa shape index (κ2) is 12.6. The molecule has 0 aliphatic carbocycles. The highest BCUT2D eigenvalue weighted by Gasteiger charge is 2.27.